The van der Waals surface area contributed by atoms with Gasteiger partial charge in [-0.2, -0.15) is 0 Å². The van der Waals surface area contributed by atoms with Crippen molar-refractivity contribution < 1.29 is 19.4 Å². The molecule has 1 aliphatic carbocycles. The van der Waals surface area contributed by atoms with Gasteiger partial charge in [0.05, 0.1) is 6.61 Å². The van der Waals surface area contributed by atoms with Gasteiger partial charge in [0.2, 0.25) is 0 Å². The third kappa shape index (κ3) is 11.8. The predicted molar refractivity (Wildman–Crippen MR) is 77.8 cm³/mol. The Hall–Kier alpha value is -1.30. The van der Waals surface area contributed by atoms with E-state index in [0.29, 0.717) is 13.0 Å². The number of amides is 1. The van der Waals surface area contributed by atoms with Crippen LogP contribution in [-0.4, -0.2) is 43.4 Å². The molecule has 1 saturated carbocycles. The Morgan fingerprint density at radius 2 is 1.90 bits per heavy atom. The number of ether oxygens (including phenoxy) is 1. The van der Waals surface area contributed by atoms with Crippen LogP contribution in [0.1, 0.15) is 51.9 Å². The van der Waals surface area contributed by atoms with Gasteiger partial charge in [-0.05, 0) is 33.2 Å². The third-order valence-electron chi connectivity index (χ3n) is 3.15. The van der Waals surface area contributed by atoms with E-state index in [9.17, 15) is 9.59 Å². The van der Waals surface area contributed by atoms with E-state index in [2.05, 4.69) is 22.4 Å². The van der Waals surface area contributed by atoms with Crippen molar-refractivity contribution in [1.29, 1.82) is 0 Å². The lowest BCUT2D eigenvalue weighted by atomic mass is 9.96. The number of rotatable bonds is 6. The Kier molecular flexibility index (Phi) is 11.9. The van der Waals surface area contributed by atoms with Gasteiger partial charge in [0, 0.05) is 19.0 Å². The molecule has 0 atom stereocenters. The monoisotopic (exact) mass is 288 g/mol. The molecule has 1 amide bonds. The summed E-state index contributed by atoms with van der Waals surface area (Å²) in [6.07, 6.45) is 6.79. The molecule has 0 aromatic carbocycles. The van der Waals surface area contributed by atoms with Gasteiger partial charge in [-0.25, -0.2) is 4.79 Å². The minimum absolute atomic E-state index is 0.258. The summed E-state index contributed by atoms with van der Waals surface area (Å²) in [5, 5.41) is 13.6. The molecule has 0 radical (unpaired) electrons. The zero-order chi connectivity index (χ0) is 15.2. The van der Waals surface area contributed by atoms with E-state index in [1.807, 2.05) is 0 Å². The van der Waals surface area contributed by atoms with Crippen molar-refractivity contribution in [2.24, 2.45) is 0 Å². The van der Waals surface area contributed by atoms with E-state index < -0.39 is 6.09 Å². The third-order valence-corrected chi connectivity index (χ3v) is 3.15. The van der Waals surface area contributed by atoms with Gasteiger partial charge in [-0.3, -0.25) is 4.79 Å². The number of carbonyl (C=O) groups excluding carboxylic acids is 1. The Morgan fingerprint density at radius 1 is 1.25 bits per heavy atom. The number of nitrogens with one attached hydrogen (secondary N) is 2. The van der Waals surface area contributed by atoms with Crippen LogP contribution in [0.25, 0.3) is 0 Å². The van der Waals surface area contributed by atoms with Gasteiger partial charge in [-0.1, -0.05) is 19.3 Å². The molecular weight excluding hydrogens is 260 g/mol. The summed E-state index contributed by atoms with van der Waals surface area (Å²) >= 11 is 0. The van der Waals surface area contributed by atoms with Crippen molar-refractivity contribution >= 4 is 12.1 Å². The highest BCUT2D eigenvalue weighted by Gasteiger charge is 2.09. The van der Waals surface area contributed by atoms with Gasteiger partial charge < -0.3 is 20.5 Å². The van der Waals surface area contributed by atoms with Gasteiger partial charge in [0.15, 0.2) is 0 Å². The molecule has 3 N–H and O–H groups in total. The normalized spacial score (nSPS) is 14.9. The summed E-state index contributed by atoms with van der Waals surface area (Å²) in [7, 11) is 2.07. The van der Waals surface area contributed by atoms with Crippen molar-refractivity contribution in [1.82, 2.24) is 10.6 Å². The maximum absolute atomic E-state index is 10.7. The van der Waals surface area contributed by atoms with Crippen molar-refractivity contribution in [2.45, 2.75) is 57.9 Å². The van der Waals surface area contributed by atoms with Crippen LogP contribution in [-0.2, 0) is 9.53 Å². The maximum atomic E-state index is 10.7. The van der Waals surface area contributed by atoms with Gasteiger partial charge in [-0.15, -0.1) is 0 Å². The van der Waals surface area contributed by atoms with Gasteiger partial charge in [0.25, 0.3) is 0 Å². The lowest BCUT2D eigenvalue weighted by molar-refractivity contribution is -0.143. The summed E-state index contributed by atoms with van der Waals surface area (Å²) in [4.78, 5) is 20.6. The molecular formula is C14H28N2O4. The zero-order valence-corrected chi connectivity index (χ0v) is 12.6. The van der Waals surface area contributed by atoms with Crippen LogP contribution in [0, 0.1) is 0 Å². The lowest BCUT2D eigenvalue weighted by Crippen LogP contribution is -2.26. The zero-order valence-electron chi connectivity index (χ0n) is 12.6. The fourth-order valence-electron chi connectivity index (χ4n) is 2.05. The van der Waals surface area contributed by atoms with Crippen molar-refractivity contribution in [3.63, 3.8) is 0 Å². The highest BCUT2D eigenvalue weighted by Crippen LogP contribution is 2.16. The molecule has 0 unspecified atom stereocenters. The highest BCUT2D eigenvalue weighted by atomic mass is 16.5. The number of hydrogen-bond donors (Lipinski definition) is 3. The van der Waals surface area contributed by atoms with E-state index in [4.69, 9.17) is 5.11 Å². The molecule has 1 aliphatic rings. The van der Waals surface area contributed by atoms with Crippen LogP contribution >= 0.6 is 0 Å². The Morgan fingerprint density at radius 3 is 2.35 bits per heavy atom. The fraction of sp³-hybridized carbons (Fsp3) is 0.857. The van der Waals surface area contributed by atoms with E-state index in [1.165, 1.54) is 32.1 Å². The largest absolute Gasteiger partial charge is 0.466 e. The van der Waals surface area contributed by atoms with Crippen molar-refractivity contribution in [2.75, 3.05) is 20.2 Å². The summed E-state index contributed by atoms with van der Waals surface area (Å²) in [6, 6.07) is 0.837. The molecule has 0 bridgehead atoms. The topological polar surface area (TPSA) is 87.7 Å². The quantitative estimate of drug-likeness (QED) is 0.515. The van der Waals surface area contributed by atoms with E-state index >= 15 is 0 Å². The second-order valence-electron chi connectivity index (χ2n) is 4.76. The van der Waals surface area contributed by atoms with Crippen molar-refractivity contribution in [3.8, 4) is 0 Å². The van der Waals surface area contributed by atoms with E-state index in [1.54, 1.807) is 6.92 Å². The molecule has 0 spiro atoms. The molecule has 0 saturated heterocycles. The first kappa shape index (κ1) is 18.7. The predicted octanol–water partition coefficient (Wildman–Crippen LogP) is 2.14. The maximum Gasteiger partial charge on any atom is 0.404 e. The molecule has 1 rings (SSSR count). The number of hydrogen-bond acceptors (Lipinski definition) is 4. The number of carbonyl (C=O) groups is 2. The second-order valence-corrected chi connectivity index (χ2v) is 4.76. The molecule has 0 aromatic rings. The second kappa shape index (κ2) is 12.7. The Labute approximate surface area is 121 Å². The lowest BCUT2D eigenvalue weighted by Gasteiger charge is -2.20. The first-order chi connectivity index (χ1) is 9.60. The molecule has 118 valence electrons. The minimum Gasteiger partial charge on any atom is -0.466 e. The smallest absolute Gasteiger partial charge is 0.404 e. The van der Waals surface area contributed by atoms with Gasteiger partial charge in [0.1, 0.15) is 0 Å². The average molecular weight is 288 g/mol. The van der Waals surface area contributed by atoms with E-state index in [-0.39, 0.29) is 18.9 Å². The minimum atomic E-state index is -1.07. The van der Waals surface area contributed by atoms with Crippen LogP contribution in [0.2, 0.25) is 0 Å². The number of carboxylic acid groups (broad SMARTS) is 1. The summed E-state index contributed by atoms with van der Waals surface area (Å²) < 4.78 is 4.63. The SMILES string of the molecule is CCOC(=O)CCCNC(=O)O.CNC1CCCCC1. The molecule has 0 aliphatic heterocycles. The molecule has 0 aromatic heterocycles. The summed E-state index contributed by atoms with van der Waals surface area (Å²) in [6.45, 7) is 2.38. The van der Waals surface area contributed by atoms with Gasteiger partial charge >= 0.3 is 12.1 Å². The van der Waals surface area contributed by atoms with Crippen LogP contribution in [0.4, 0.5) is 4.79 Å². The van der Waals surface area contributed by atoms with E-state index in [0.717, 1.165) is 6.04 Å². The van der Waals surface area contributed by atoms with Crippen LogP contribution < -0.4 is 10.6 Å². The summed E-state index contributed by atoms with van der Waals surface area (Å²) in [5.41, 5.74) is 0. The van der Waals surface area contributed by atoms with Crippen molar-refractivity contribution in [3.05, 3.63) is 0 Å². The van der Waals surface area contributed by atoms with Crippen LogP contribution in [0.3, 0.4) is 0 Å². The first-order valence-corrected chi connectivity index (χ1v) is 7.39. The fourth-order valence-corrected chi connectivity index (χ4v) is 2.05. The molecule has 20 heavy (non-hydrogen) atoms. The Balaban J connectivity index is 0.000000388. The summed E-state index contributed by atoms with van der Waals surface area (Å²) in [5.74, 6) is -0.287. The Bertz CT molecular complexity index is 266. The first-order valence-electron chi connectivity index (χ1n) is 7.39. The molecule has 6 nitrogen and oxygen atoms in total. The van der Waals surface area contributed by atoms with Crippen LogP contribution in [0.5, 0.6) is 0 Å². The molecule has 0 heterocycles. The highest BCUT2D eigenvalue weighted by molar-refractivity contribution is 5.69. The van der Waals surface area contributed by atoms with Crippen LogP contribution in [0.15, 0.2) is 0 Å². The standard InChI is InChI=1S/C7H13NO4.C7H15N/c1-2-12-6(9)4-3-5-8-7(10)11;1-8-7-5-3-2-4-6-7/h8H,2-5H2,1H3,(H,10,11);7-8H,2-6H2,1H3. The molecule has 1 fully saturated rings. The number of esters is 1. The average Bonchev–Trinajstić information content (AvgIpc) is 2.45. The molecule has 6 heteroatoms.